The molecule has 0 radical (unpaired) electrons. The molecule has 0 saturated carbocycles. The zero-order valence-electron chi connectivity index (χ0n) is 14.5. The van der Waals surface area contributed by atoms with E-state index in [-0.39, 0.29) is 24.8 Å². The second-order valence-electron chi connectivity index (χ2n) is 6.41. The Kier molecular flexibility index (Phi) is 6.42. The third kappa shape index (κ3) is 5.59. The molecule has 1 aromatic rings. The fourth-order valence-electron chi connectivity index (χ4n) is 2.75. The van der Waals surface area contributed by atoms with Gasteiger partial charge in [-0.3, -0.25) is 14.5 Å². The summed E-state index contributed by atoms with van der Waals surface area (Å²) in [6, 6.07) is 4.29. The van der Waals surface area contributed by atoms with E-state index in [1.807, 2.05) is 0 Å². The minimum atomic E-state index is -4.42. The first-order valence-electron chi connectivity index (χ1n) is 8.26. The number of benzene rings is 1. The number of hydrogen-bond acceptors (Lipinski definition) is 3. The summed E-state index contributed by atoms with van der Waals surface area (Å²) in [6.07, 6.45) is -4.48. The molecule has 0 aromatic heterocycles. The Morgan fingerprint density at radius 1 is 1.42 bits per heavy atom. The predicted molar refractivity (Wildman–Crippen MR) is 91.1 cm³/mol. The smallest absolute Gasteiger partial charge is 0.353 e. The Morgan fingerprint density at radius 3 is 2.81 bits per heavy atom. The molecule has 0 bridgehead atoms. The van der Waals surface area contributed by atoms with E-state index in [0.717, 1.165) is 17.7 Å². The van der Waals surface area contributed by atoms with Crippen LogP contribution in [0.1, 0.15) is 24.5 Å². The summed E-state index contributed by atoms with van der Waals surface area (Å²) < 4.78 is 38.6. The fraction of sp³-hybridized carbons (Fsp3) is 0.444. The molecule has 0 aliphatic carbocycles. The van der Waals surface area contributed by atoms with Gasteiger partial charge in [0.05, 0.1) is 18.0 Å². The predicted octanol–water partition coefficient (Wildman–Crippen LogP) is 2.09. The summed E-state index contributed by atoms with van der Waals surface area (Å²) in [5, 5.41) is 5.37. The highest BCUT2D eigenvalue weighted by molar-refractivity contribution is 5.88. The largest absolute Gasteiger partial charge is 0.416 e. The lowest BCUT2D eigenvalue weighted by molar-refractivity contribution is -0.137. The highest BCUT2D eigenvalue weighted by Gasteiger charge is 2.33. The first-order chi connectivity index (χ1) is 12.2. The molecule has 2 N–H and O–H groups in total. The number of alkyl halides is 3. The number of rotatable bonds is 6. The zero-order chi connectivity index (χ0) is 19.3. The first-order valence-corrected chi connectivity index (χ1v) is 8.26. The molecule has 26 heavy (non-hydrogen) atoms. The number of nitrogens with one attached hydrogen (secondary N) is 2. The van der Waals surface area contributed by atoms with Gasteiger partial charge in [0.15, 0.2) is 0 Å². The van der Waals surface area contributed by atoms with Crippen LogP contribution in [0.2, 0.25) is 0 Å². The van der Waals surface area contributed by atoms with Gasteiger partial charge in [0, 0.05) is 26.2 Å². The molecule has 1 aliphatic rings. The third-order valence-electron chi connectivity index (χ3n) is 4.05. The molecule has 1 saturated heterocycles. The molecular weight excluding hydrogens is 347 g/mol. The van der Waals surface area contributed by atoms with Crippen LogP contribution >= 0.6 is 0 Å². The van der Waals surface area contributed by atoms with Gasteiger partial charge < -0.3 is 10.6 Å². The Balaban J connectivity index is 2.09. The zero-order valence-corrected chi connectivity index (χ0v) is 14.5. The van der Waals surface area contributed by atoms with Gasteiger partial charge >= 0.3 is 6.18 Å². The van der Waals surface area contributed by atoms with Crippen molar-refractivity contribution in [2.24, 2.45) is 0 Å². The van der Waals surface area contributed by atoms with Crippen LogP contribution in [0, 0.1) is 0 Å². The van der Waals surface area contributed by atoms with Crippen molar-refractivity contribution in [3.05, 3.63) is 47.5 Å². The SMILES string of the molecule is C=C(C)CNC(=O)C[C@@H]1C(=O)NCCN1Cc1cccc(C(F)(F)F)c1. The van der Waals surface area contributed by atoms with Crippen LogP contribution in [-0.2, 0) is 22.3 Å². The van der Waals surface area contributed by atoms with Crippen molar-refractivity contribution in [3.63, 3.8) is 0 Å². The Morgan fingerprint density at radius 2 is 2.15 bits per heavy atom. The van der Waals surface area contributed by atoms with Crippen molar-refractivity contribution in [1.29, 1.82) is 0 Å². The van der Waals surface area contributed by atoms with Gasteiger partial charge in [-0.05, 0) is 18.6 Å². The molecule has 1 aliphatic heterocycles. The average molecular weight is 369 g/mol. The van der Waals surface area contributed by atoms with E-state index in [2.05, 4.69) is 17.2 Å². The average Bonchev–Trinajstić information content (AvgIpc) is 2.55. The van der Waals surface area contributed by atoms with Crippen LogP contribution in [-0.4, -0.2) is 42.4 Å². The molecule has 1 heterocycles. The van der Waals surface area contributed by atoms with E-state index in [4.69, 9.17) is 0 Å². The molecular formula is C18H22F3N3O2. The second kappa shape index (κ2) is 8.35. The maximum Gasteiger partial charge on any atom is 0.416 e. The van der Waals surface area contributed by atoms with E-state index in [1.54, 1.807) is 17.9 Å². The van der Waals surface area contributed by atoms with Gasteiger partial charge in [-0.1, -0.05) is 30.4 Å². The maximum absolute atomic E-state index is 12.9. The highest BCUT2D eigenvalue weighted by Crippen LogP contribution is 2.30. The van der Waals surface area contributed by atoms with Gasteiger partial charge in [0.25, 0.3) is 0 Å². The molecule has 5 nitrogen and oxygen atoms in total. The number of halogens is 3. The van der Waals surface area contributed by atoms with Crippen LogP contribution in [0.15, 0.2) is 36.4 Å². The summed E-state index contributed by atoms with van der Waals surface area (Å²) in [4.78, 5) is 25.9. The van der Waals surface area contributed by atoms with Gasteiger partial charge in [0.1, 0.15) is 0 Å². The number of carbonyl (C=O) groups excluding carboxylic acids is 2. The molecule has 1 atom stereocenters. The van der Waals surface area contributed by atoms with Gasteiger partial charge in [-0.15, -0.1) is 0 Å². The minimum absolute atomic E-state index is 0.0575. The summed E-state index contributed by atoms with van der Waals surface area (Å²) >= 11 is 0. The standard InChI is InChI=1S/C18H22F3N3O2/c1-12(2)10-23-16(25)9-15-17(26)22-6-7-24(15)11-13-4-3-5-14(8-13)18(19,20)21/h3-5,8,15H,1,6-7,9-11H2,2H3,(H,22,26)(H,23,25)/t15-/m1/s1. The lowest BCUT2D eigenvalue weighted by atomic mass is 10.0. The van der Waals surface area contributed by atoms with Crippen LogP contribution in [0.5, 0.6) is 0 Å². The Bertz CT molecular complexity index is 689. The van der Waals surface area contributed by atoms with E-state index in [9.17, 15) is 22.8 Å². The summed E-state index contributed by atoms with van der Waals surface area (Å²) in [7, 11) is 0. The van der Waals surface area contributed by atoms with Crippen molar-refractivity contribution in [3.8, 4) is 0 Å². The van der Waals surface area contributed by atoms with Crippen LogP contribution in [0.3, 0.4) is 0 Å². The summed E-state index contributed by atoms with van der Waals surface area (Å²) in [5.41, 5.74) is 0.501. The molecule has 2 amide bonds. The molecule has 0 unspecified atom stereocenters. The molecule has 2 rings (SSSR count). The molecule has 8 heteroatoms. The first kappa shape index (κ1) is 20.0. The topological polar surface area (TPSA) is 61.4 Å². The van der Waals surface area contributed by atoms with Crippen molar-refractivity contribution < 1.29 is 22.8 Å². The normalized spacial score (nSPS) is 18.3. The van der Waals surface area contributed by atoms with Gasteiger partial charge in [0.2, 0.25) is 11.8 Å². The van der Waals surface area contributed by atoms with Crippen molar-refractivity contribution in [1.82, 2.24) is 15.5 Å². The van der Waals surface area contributed by atoms with E-state index < -0.39 is 17.8 Å². The van der Waals surface area contributed by atoms with Crippen LogP contribution in [0.25, 0.3) is 0 Å². The van der Waals surface area contributed by atoms with Gasteiger partial charge in [-0.25, -0.2) is 0 Å². The minimum Gasteiger partial charge on any atom is -0.353 e. The van der Waals surface area contributed by atoms with Crippen molar-refractivity contribution >= 4 is 11.8 Å². The fourth-order valence-corrected chi connectivity index (χ4v) is 2.75. The van der Waals surface area contributed by atoms with Crippen LogP contribution < -0.4 is 10.6 Å². The van der Waals surface area contributed by atoms with Gasteiger partial charge in [-0.2, -0.15) is 13.2 Å². The van der Waals surface area contributed by atoms with E-state index in [1.165, 1.54) is 6.07 Å². The van der Waals surface area contributed by atoms with E-state index >= 15 is 0 Å². The number of nitrogens with zero attached hydrogens (tertiary/aromatic N) is 1. The van der Waals surface area contributed by atoms with Crippen molar-refractivity contribution in [2.75, 3.05) is 19.6 Å². The van der Waals surface area contributed by atoms with E-state index in [0.29, 0.717) is 25.2 Å². The van der Waals surface area contributed by atoms with Crippen LogP contribution in [0.4, 0.5) is 13.2 Å². The number of carbonyl (C=O) groups is 2. The molecule has 1 aromatic carbocycles. The van der Waals surface area contributed by atoms with Crippen molar-refractivity contribution in [2.45, 2.75) is 32.1 Å². The molecule has 1 fully saturated rings. The highest BCUT2D eigenvalue weighted by atomic mass is 19.4. The lowest BCUT2D eigenvalue weighted by Gasteiger charge is -2.34. The summed E-state index contributed by atoms with van der Waals surface area (Å²) in [5.74, 6) is -0.599. The number of piperazine rings is 1. The Hall–Kier alpha value is -2.35. The quantitative estimate of drug-likeness (QED) is 0.755. The third-order valence-corrected chi connectivity index (χ3v) is 4.05. The monoisotopic (exact) mass is 369 g/mol. The molecule has 0 spiro atoms. The second-order valence-corrected chi connectivity index (χ2v) is 6.41. The molecule has 142 valence electrons. The maximum atomic E-state index is 12.9. The number of hydrogen-bond donors (Lipinski definition) is 2. The number of amides is 2. The lowest BCUT2D eigenvalue weighted by Crippen LogP contribution is -2.56. The Labute approximate surface area is 150 Å². The summed E-state index contributed by atoms with van der Waals surface area (Å²) in [6.45, 7) is 6.79.